The molecule has 0 aliphatic carbocycles. The normalized spacial score (nSPS) is 10.8. The first-order valence-electron chi connectivity index (χ1n) is 5.53. The number of carbonyl (C=O) groups is 1. The highest BCUT2D eigenvalue weighted by atomic mass is 35.5. The molecule has 2 rings (SSSR count). The standard InChI is InChI=1S/C15H10ClFO2/c16-14-9-10(2-8-15(18)19)1-7-13(14)11-3-5-12(17)6-4-11/h1-9H,(H,18,19)/b8-2+. The van der Waals surface area contributed by atoms with Crippen LogP contribution >= 0.6 is 11.6 Å². The largest absolute Gasteiger partial charge is 0.478 e. The van der Waals surface area contributed by atoms with Crippen LogP contribution in [0.1, 0.15) is 5.56 Å². The molecule has 0 aliphatic rings. The number of benzene rings is 2. The molecule has 0 saturated heterocycles. The Morgan fingerprint density at radius 1 is 1.16 bits per heavy atom. The molecule has 0 atom stereocenters. The van der Waals surface area contributed by atoms with E-state index >= 15 is 0 Å². The summed E-state index contributed by atoms with van der Waals surface area (Å²) < 4.78 is 12.8. The lowest BCUT2D eigenvalue weighted by Gasteiger charge is -2.05. The Morgan fingerprint density at radius 3 is 2.42 bits per heavy atom. The Hall–Kier alpha value is -2.13. The summed E-state index contributed by atoms with van der Waals surface area (Å²) in [5.74, 6) is -1.32. The summed E-state index contributed by atoms with van der Waals surface area (Å²) in [7, 11) is 0. The fourth-order valence-electron chi connectivity index (χ4n) is 1.67. The van der Waals surface area contributed by atoms with Gasteiger partial charge in [-0.25, -0.2) is 9.18 Å². The van der Waals surface area contributed by atoms with Crippen molar-refractivity contribution in [2.45, 2.75) is 0 Å². The number of hydrogen-bond donors (Lipinski definition) is 1. The van der Waals surface area contributed by atoms with E-state index in [-0.39, 0.29) is 5.82 Å². The van der Waals surface area contributed by atoms with Crippen molar-refractivity contribution in [3.05, 3.63) is 64.9 Å². The van der Waals surface area contributed by atoms with Crippen LogP contribution in [0.25, 0.3) is 17.2 Å². The fourth-order valence-corrected chi connectivity index (χ4v) is 1.96. The van der Waals surface area contributed by atoms with Crippen LogP contribution in [0.5, 0.6) is 0 Å². The Labute approximate surface area is 114 Å². The van der Waals surface area contributed by atoms with Crippen LogP contribution in [0.15, 0.2) is 48.5 Å². The minimum absolute atomic E-state index is 0.305. The van der Waals surface area contributed by atoms with E-state index < -0.39 is 5.97 Å². The van der Waals surface area contributed by atoms with E-state index in [9.17, 15) is 9.18 Å². The average Bonchev–Trinajstić information content (AvgIpc) is 2.38. The zero-order chi connectivity index (χ0) is 13.8. The summed E-state index contributed by atoms with van der Waals surface area (Å²) in [5, 5.41) is 9.03. The van der Waals surface area contributed by atoms with Crippen LogP contribution in [-0.4, -0.2) is 11.1 Å². The SMILES string of the molecule is O=C(O)/C=C/c1ccc(-c2ccc(F)cc2)c(Cl)c1. The molecule has 96 valence electrons. The second-order valence-corrected chi connectivity index (χ2v) is 4.32. The molecule has 0 unspecified atom stereocenters. The second kappa shape index (κ2) is 5.67. The van der Waals surface area contributed by atoms with E-state index in [0.29, 0.717) is 10.6 Å². The average molecular weight is 277 g/mol. The van der Waals surface area contributed by atoms with Crippen molar-refractivity contribution in [1.82, 2.24) is 0 Å². The molecule has 19 heavy (non-hydrogen) atoms. The molecule has 1 N–H and O–H groups in total. The van der Waals surface area contributed by atoms with Gasteiger partial charge in [0.05, 0.1) is 0 Å². The van der Waals surface area contributed by atoms with Crippen molar-refractivity contribution in [3.63, 3.8) is 0 Å². The summed E-state index contributed by atoms with van der Waals surface area (Å²) in [6.45, 7) is 0. The highest BCUT2D eigenvalue weighted by Crippen LogP contribution is 2.29. The van der Waals surface area contributed by atoms with E-state index in [2.05, 4.69) is 0 Å². The quantitative estimate of drug-likeness (QED) is 0.851. The Bertz CT molecular complexity index is 633. The molecule has 0 radical (unpaired) electrons. The molecule has 0 spiro atoms. The van der Waals surface area contributed by atoms with Crippen molar-refractivity contribution in [3.8, 4) is 11.1 Å². The molecule has 2 nitrogen and oxygen atoms in total. The van der Waals surface area contributed by atoms with Gasteiger partial charge in [0.2, 0.25) is 0 Å². The number of rotatable bonds is 3. The summed E-state index contributed by atoms with van der Waals surface area (Å²) in [6.07, 6.45) is 2.51. The molecule has 0 saturated carbocycles. The molecule has 0 amide bonds. The lowest BCUT2D eigenvalue weighted by molar-refractivity contribution is -0.131. The number of hydrogen-bond acceptors (Lipinski definition) is 1. The number of aliphatic carboxylic acids is 1. The first-order valence-corrected chi connectivity index (χ1v) is 5.90. The third-order valence-corrected chi connectivity index (χ3v) is 2.88. The molecule has 0 bridgehead atoms. The van der Waals surface area contributed by atoms with Crippen molar-refractivity contribution in [2.24, 2.45) is 0 Å². The third kappa shape index (κ3) is 3.42. The number of halogens is 2. The Balaban J connectivity index is 2.34. The minimum atomic E-state index is -1.02. The van der Waals surface area contributed by atoms with Gasteiger partial charge < -0.3 is 5.11 Å². The summed E-state index contributed by atoms with van der Waals surface area (Å²) in [4.78, 5) is 10.4. The summed E-state index contributed by atoms with van der Waals surface area (Å²) >= 11 is 6.14. The highest BCUT2D eigenvalue weighted by Gasteiger charge is 2.04. The monoisotopic (exact) mass is 276 g/mol. The maximum atomic E-state index is 12.8. The first kappa shape index (κ1) is 13.3. The van der Waals surface area contributed by atoms with Gasteiger partial charge in [0.15, 0.2) is 0 Å². The zero-order valence-corrected chi connectivity index (χ0v) is 10.6. The van der Waals surface area contributed by atoms with Gasteiger partial charge in [-0.3, -0.25) is 0 Å². The summed E-state index contributed by atoms with van der Waals surface area (Å²) in [6, 6.07) is 11.2. The molecule has 4 heteroatoms. The van der Waals surface area contributed by atoms with Crippen LogP contribution < -0.4 is 0 Å². The van der Waals surface area contributed by atoms with Gasteiger partial charge >= 0.3 is 5.97 Å². The lowest BCUT2D eigenvalue weighted by atomic mass is 10.0. The van der Waals surface area contributed by atoms with Crippen LogP contribution in [0.3, 0.4) is 0 Å². The van der Waals surface area contributed by atoms with Gasteiger partial charge in [-0.1, -0.05) is 35.9 Å². The van der Waals surface area contributed by atoms with Gasteiger partial charge in [-0.15, -0.1) is 0 Å². The summed E-state index contributed by atoms with van der Waals surface area (Å²) in [5.41, 5.74) is 2.27. The van der Waals surface area contributed by atoms with Gasteiger partial charge in [-0.05, 0) is 35.4 Å². The van der Waals surface area contributed by atoms with Crippen molar-refractivity contribution >= 4 is 23.6 Å². The molecule has 0 aliphatic heterocycles. The lowest BCUT2D eigenvalue weighted by Crippen LogP contribution is -1.86. The van der Waals surface area contributed by atoms with Crippen molar-refractivity contribution < 1.29 is 14.3 Å². The van der Waals surface area contributed by atoms with E-state index in [1.165, 1.54) is 18.2 Å². The van der Waals surface area contributed by atoms with Crippen molar-refractivity contribution in [1.29, 1.82) is 0 Å². The topological polar surface area (TPSA) is 37.3 Å². The van der Waals surface area contributed by atoms with E-state index in [4.69, 9.17) is 16.7 Å². The smallest absolute Gasteiger partial charge is 0.328 e. The van der Waals surface area contributed by atoms with Crippen LogP contribution in [0, 0.1) is 5.82 Å². The molecule has 2 aromatic rings. The van der Waals surface area contributed by atoms with E-state index in [1.54, 1.807) is 30.3 Å². The maximum absolute atomic E-state index is 12.8. The predicted molar refractivity (Wildman–Crippen MR) is 73.5 cm³/mol. The van der Waals surface area contributed by atoms with Crippen LogP contribution in [-0.2, 0) is 4.79 Å². The first-order chi connectivity index (χ1) is 9.06. The molecule has 0 aromatic heterocycles. The van der Waals surface area contributed by atoms with Gasteiger partial charge in [0, 0.05) is 16.7 Å². The maximum Gasteiger partial charge on any atom is 0.328 e. The Kier molecular flexibility index (Phi) is 3.97. The van der Waals surface area contributed by atoms with E-state index in [0.717, 1.165) is 17.2 Å². The fraction of sp³-hybridized carbons (Fsp3) is 0. The van der Waals surface area contributed by atoms with Gasteiger partial charge in [0.1, 0.15) is 5.82 Å². The van der Waals surface area contributed by atoms with Crippen LogP contribution in [0.4, 0.5) is 4.39 Å². The highest BCUT2D eigenvalue weighted by molar-refractivity contribution is 6.33. The molecule has 0 heterocycles. The minimum Gasteiger partial charge on any atom is -0.478 e. The molecule has 0 fully saturated rings. The van der Waals surface area contributed by atoms with Crippen molar-refractivity contribution in [2.75, 3.05) is 0 Å². The van der Waals surface area contributed by atoms with Gasteiger partial charge in [0.25, 0.3) is 0 Å². The van der Waals surface area contributed by atoms with Crippen LogP contribution in [0.2, 0.25) is 5.02 Å². The zero-order valence-electron chi connectivity index (χ0n) is 9.81. The molecular formula is C15H10ClFO2. The predicted octanol–water partition coefficient (Wildman–Crippen LogP) is 4.24. The number of carboxylic acid groups (broad SMARTS) is 1. The molecular weight excluding hydrogens is 267 g/mol. The second-order valence-electron chi connectivity index (χ2n) is 3.92. The molecule has 2 aromatic carbocycles. The Morgan fingerprint density at radius 2 is 1.84 bits per heavy atom. The van der Waals surface area contributed by atoms with E-state index in [1.807, 2.05) is 0 Å². The van der Waals surface area contributed by atoms with Gasteiger partial charge in [-0.2, -0.15) is 0 Å². The number of carboxylic acids is 1. The third-order valence-electron chi connectivity index (χ3n) is 2.57.